The van der Waals surface area contributed by atoms with Crippen LogP contribution >= 0.6 is 0 Å². The SMILES string of the molecule is Cc1cc(-c2cccc(C)c2C)c(C(=O)O)cc1F. The van der Waals surface area contributed by atoms with E-state index in [4.69, 9.17) is 0 Å². The number of benzene rings is 2. The molecular weight excluding hydrogens is 243 g/mol. The predicted molar refractivity (Wildman–Crippen MR) is 73.0 cm³/mol. The largest absolute Gasteiger partial charge is 0.478 e. The van der Waals surface area contributed by atoms with Crippen molar-refractivity contribution >= 4 is 5.97 Å². The van der Waals surface area contributed by atoms with Crippen LogP contribution in [0.5, 0.6) is 0 Å². The van der Waals surface area contributed by atoms with Gasteiger partial charge < -0.3 is 5.11 Å². The van der Waals surface area contributed by atoms with Crippen LogP contribution in [0.1, 0.15) is 27.0 Å². The molecule has 0 radical (unpaired) electrons. The van der Waals surface area contributed by atoms with Crippen LogP contribution in [0.15, 0.2) is 30.3 Å². The minimum Gasteiger partial charge on any atom is -0.478 e. The monoisotopic (exact) mass is 258 g/mol. The Morgan fingerprint density at radius 2 is 1.74 bits per heavy atom. The molecule has 0 unspecified atom stereocenters. The minimum atomic E-state index is -1.12. The number of aromatic carboxylic acids is 1. The molecule has 0 heterocycles. The summed E-state index contributed by atoms with van der Waals surface area (Å²) in [5.41, 5.74) is 3.93. The molecule has 2 aromatic rings. The molecule has 2 nitrogen and oxygen atoms in total. The molecule has 0 aromatic heterocycles. The van der Waals surface area contributed by atoms with E-state index in [1.165, 1.54) is 0 Å². The lowest BCUT2D eigenvalue weighted by Gasteiger charge is -2.13. The second-order valence-corrected chi connectivity index (χ2v) is 4.70. The summed E-state index contributed by atoms with van der Waals surface area (Å²) in [6, 6.07) is 8.40. The molecule has 0 bridgehead atoms. The van der Waals surface area contributed by atoms with Gasteiger partial charge in [-0.15, -0.1) is 0 Å². The summed E-state index contributed by atoms with van der Waals surface area (Å²) in [5, 5.41) is 9.24. The number of aryl methyl sites for hydroxylation is 2. The maximum atomic E-state index is 13.6. The van der Waals surface area contributed by atoms with Crippen LogP contribution in [-0.2, 0) is 0 Å². The number of carboxylic acid groups (broad SMARTS) is 1. The van der Waals surface area contributed by atoms with Crippen LogP contribution in [0.4, 0.5) is 4.39 Å². The van der Waals surface area contributed by atoms with Crippen LogP contribution in [0.25, 0.3) is 11.1 Å². The average molecular weight is 258 g/mol. The van der Waals surface area contributed by atoms with Crippen LogP contribution in [0.2, 0.25) is 0 Å². The fraction of sp³-hybridized carbons (Fsp3) is 0.188. The van der Waals surface area contributed by atoms with Gasteiger partial charge in [-0.3, -0.25) is 0 Å². The standard InChI is InChI=1S/C16H15FO2/c1-9-5-4-6-12(11(9)3)13-7-10(2)15(17)8-14(13)16(18)19/h4-8H,1-3H3,(H,18,19). The van der Waals surface area contributed by atoms with Crippen LogP contribution in [0.3, 0.4) is 0 Å². The highest BCUT2D eigenvalue weighted by atomic mass is 19.1. The van der Waals surface area contributed by atoms with Crippen molar-refractivity contribution in [1.29, 1.82) is 0 Å². The first-order valence-corrected chi connectivity index (χ1v) is 6.02. The van der Waals surface area contributed by atoms with Gasteiger partial charge in [0.15, 0.2) is 0 Å². The molecule has 19 heavy (non-hydrogen) atoms. The van der Waals surface area contributed by atoms with Gasteiger partial charge >= 0.3 is 5.97 Å². The van der Waals surface area contributed by atoms with Crippen LogP contribution in [0, 0.1) is 26.6 Å². The Balaban J connectivity index is 2.77. The summed E-state index contributed by atoms with van der Waals surface area (Å²) in [4.78, 5) is 11.3. The van der Waals surface area contributed by atoms with Gasteiger partial charge in [-0.2, -0.15) is 0 Å². The zero-order valence-electron chi connectivity index (χ0n) is 11.1. The summed E-state index contributed by atoms with van der Waals surface area (Å²) in [6.07, 6.45) is 0. The van der Waals surface area contributed by atoms with Gasteiger partial charge in [-0.25, -0.2) is 9.18 Å². The highest BCUT2D eigenvalue weighted by Crippen LogP contribution is 2.30. The molecule has 2 aromatic carbocycles. The fourth-order valence-corrected chi connectivity index (χ4v) is 2.12. The number of halogens is 1. The Bertz CT molecular complexity index is 660. The Kier molecular flexibility index (Phi) is 3.38. The third kappa shape index (κ3) is 2.36. The molecular formula is C16H15FO2. The normalized spacial score (nSPS) is 10.5. The quantitative estimate of drug-likeness (QED) is 0.879. The number of rotatable bonds is 2. The lowest BCUT2D eigenvalue weighted by molar-refractivity contribution is 0.0697. The van der Waals surface area contributed by atoms with E-state index >= 15 is 0 Å². The van der Waals surface area contributed by atoms with Crippen molar-refractivity contribution in [2.75, 3.05) is 0 Å². The summed E-state index contributed by atoms with van der Waals surface area (Å²) in [7, 11) is 0. The van der Waals surface area contributed by atoms with Gasteiger partial charge in [-0.1, -0.05) is 18.2 Å². The smallest absolute Gasteiger partial charge is 0.336 e. The van der Waals surface area contributed by atoms with E-state index in [1.807, 2.05) is 32.0 Å². The third-order valence-corrected chi connectivity index (χ3v) is 3.42. The van der Waals surface area contributed by atoms with Crippen LogP contribution < -0.4 is 0 Å². The van der Waals surface area contributed by atoms with E-state index in [-0.39, 0.29) is 5.56 Å². The zero-order chi connectivity index (χ0) is 14.2. The van der Waals surface area contributed by atoms with E-state index in [2.05, 4.69) is 0 Å². The molecule has 0 saturated carbocycles. The molecule has 0 saturated heterocycles. The van der Waals surface area contributed by atoms with Gasteiger partial charge in [0.1, 0.15) is 5.82 Å². The maximum Gasteiger partial charge on any atom is 0.336 e. The van der Waals surface area contributed by atoms with Gasteiger partial charge in [0, 0.05) is 0 Å². The van der Waals surface area contributed by atoms with Crippen molar-refractivity contribution in [1.82, 2.24) is 0 Å². The van der Waals surface area contributed by atoms with Crippen molar-refractivity contribution in [3.8, 4) is 11.1 Å². The molecule has 98 valence electrons. The number of hydrogen-bond acceptors (Lipinski definition) is 1. The maximum absolute atomic E-state index is 13.6. The Labute approximate surface area is 111 Å². The van der Waals surface area contributed by atoms with Crippen molar-refractivity contribution in [3.63, 3.8) is 0 Å². The summed E-state index contributed by atoms with van der Waals surface area (Å²) >= 11 is 0. The highest BCUT2D eigenvalue weighted by Gasteiger charge is 2.16. The molecule has 1 N–H and O–H groups in total. The summed E-state index contributed by atoms with van der Waals surface area (Å²) in [6.45, 7) is 5.54. The lowest BCUT2D eigenvalue weighted by Crippen LogP contribution is -2.03. The first-order chi connectivity index (χ1) is 8.91. The Morgan fingerprint density at radius 1 is 1.05 bits per heavy atom. The van der Waals surface area contributed by atoms with E-state index in [0.29, 0.717) is 11.1 Å². The van der Waals surface area contributed by atoms with Gasteiger partial charge in [-0.05, 0) is 60.7 Å². The molecule has 0 amide bonds. The van der Waals surface area contributed by atoms with Crippen molar-refractivity contribution in [3.05, 3.63) is 58.4 Å². The first kappa shape index (κ1) is 13.3. The number of carboxylic acids is 1. The second kappa shape index (κ2) is 4.84. The van der Waals surface area contributed by atoms with E-state index in [0.717, 1.165) is 22.8 Å². The molecule has 0 aliphatic rings. The first-order valence-electron chi connectivity index (χ1n) is 6.02. The molecule has 0 atom stereocenters. The lowest BCUT2D eigenvalue weighted by atomic mass is 9.92. The molecule has 2 rings (SSSR count). The van der Waals surface area contributed by atoms with Gasteiger partial charge in [0.25, 0.3) is 0 Å². The molecule has 0 spiro atoms. The summed E-state index contributed by atoms with van der Waals surface area (Å²) in [5.74, 6) is -1.61. The Hall–Kier alpha value is -2.16. The van der Waals surface area contributed by atoms with E-state index in [1.54, 1.807) is 13.0 Å². The number of hydrogen-bond donors (Lipinski definition) is 1. The molecule has 3 heteroatoms. The highest BCUT2D eigenvalue weighted by molar-refractivity contribution is 5.96. The molecule has 0 aliphatic carbocycles. The predicted octanol–water partition coefficient (Wildman–Crippen LogP) is 4.12. The average Bonchev–Trinajstić information content (AvgIpc) is 2.35. The van der Waals surface area contributed by atoms with E-state index in [9.17, 15) is 14.3 Å². The van der Waals surface area contributed by atoms with Crippen LogP contribution in [-0.4, -0.2) is 11.1 Å². The molecule has 0 fully saturated rings. The number of carbonyl (C=O) groups is 1. The van der Waals surface area contributed by atoms with Crippen molar-refractivity contribution in [2.45, 2.75) is 20.8 Å². The molecule has 0 aliphatic heterocycles. The zero-order valence-corrected chi connectivity index (χ0v) is 11.1. The fourth-order valence-electron chi connectivity index (χ4n) is 2.12. The van der Waals surface area contributed by atoms with Crippen molar-refractivity contribution < 1.29 is 14.3 Å². The van der Waals surface area contributed by atoms with E-state index < -0.39 is 11.8 Å². The summed E-state index contributed by atoms with van der Waals surface area (Å²) < 4.78 is 13.6. The van der Waals surface area contributed by atoms with Gasteiger partial charge in [0.05, 0.1) is 5.56 Å². The Morgan fingerprint density at radius 3 is 2.37 bits per heavy atom. The minimum absolute atomic E-state index is 0.00296. The van der Waals surface area contributed by atoms with Gasteiger partial charge in [0.2, 0.25) is 0 Å². The van der Waals surface area contributed by atoms with Crippen molar-refractivity contribution in [2.24, 2.45) is 0 Å². The topological polar surface area (TPSA) is 37.3 Å². The second-order valence-electron chi connectivity index (χ2n) is 4.70. The third-order valence-electron chi connectivity index (χ3n) is 3.42.